The van der Waals surface area contributed by atoms with Crippen molar-refractivity contribution in [2.24, 2.45) is 5.73 Å². The molecular formula is C12H17NO4S. The number of benzene rings is 1. The van der Waals surface area contributed by atoms with Crippen LogP contribution in [0.3, 0.4) is 0 Å². The maximum absolute atomic E-state index is 11.2. The number of aliphatic carboxylic acids is 1. The van der Waals surface area contributed by atoms with Gasteiger partial charge in [0.1, 0.15) is 0 Å². The van der Waals surface area contributed by atoms with E-state index in [4.69, 9.17) is 20.3 Å². The minimum absolute atomic E-state index is 0.00740. The second kappa shape index (κ2) is 6.51. The monoisotopic (exact) mass is 271 g/mol. The van der Waals surface area contributed by atoms with Crippen LogP contribution in [0, 0.1) is 0 Å². The summed E-state index contributed by atoms with van der Waals surface area (Å²) in [7, 11) is 3.01. The summed E-state index contributed by atoms with van der Waals surface area (Å²) >= 11 is 1.50. The molecule has 1 rings (SSSR count). The lowest BCUT2D eigenvalue weighted by Gasteiger charge is -2.18. The highest BCUT2D eigenvalue weighted by Gasteiger charge is 2.25. The largest absolute Gasteiger partial charge is 0.493 e. The molecule has 6 heteroatoms. The van der Waals surface area contributed by atoms with Crippen molar-refractivity contribution in [3.8, 4) is 11.5 Å². The van der Waals surface area contributed by atoms with E-state index < -0.39 is 11.9 Å². The third kappa shape index (κ3) is 2.70. The molecule has 0 aliphatic rings. The van der Waals surface area contributed by atoms with Crippen LogP contribution in [0.4, 0.5) is 0 Å². The second-order valence-electron chi connectivity index (χ2n) is 3.55. The maximum Gasteiger partial charge on any atom is 0.312 e. The van der Waals surface area contributed by atoms with E-state index in [0.29, 0.717) is 17.1 Å². The van der Waals surface area contributed by atoms with Crippen LogP contribution in [-0.4, -0.2) is 38.1 Å². The molecule has 0 aliphatic carbocycles. The molecule has 0 saturated heterocycles. The molecule has 0 fully saturated rings. The Hall–Kier alpha value is -1.40. The van der Waals surface area contributed by atoms with Crippen molar-refractivity contribution in [1.29, 1.82) is 0 Å². The van der Waals surface area contributed by atoms with Gasteiger partial charge in [-0.3, -0.25) is 4.79 Å². The predicted molar refractivity (Wildman–Crippen MR) is 70.8 cm³/mol. The van der Waals surface area contributed by atoms with E-state index in [2.05, 4.69) is 0 Å². The Kier molecular flexibility index (Phi) is 5.30. The van der Waals surface area contributed by atoms with Crippen LogP contribution in [0.1, 0.15) is 11.5 Å². The molecule has 1 atom stereocenters. The zero-order valence-corrected chi connectivity index (χ0v) is 11.4. The molecule has 0 saturated carbocycles. The molecule has 0 heterocycles. The number of nitrogens with two attached hydrogens (primary N) is 1. The van der Waals surface area contributed by atoms with E-state index >= 15 is 0 Å². The Labute approximate surface area is 110 Å². The van der Waals surface area contributed by atoms with Crippen LogP contribution in [-0.2, 0) is 4.79 Å². The molecule has 0 amide bonds. The molecule has 0 aliphatic heterocycles. The summed E-state index contributed by atoms with van der Waals surface area (Å²) in [5, 5.41) is 9.16. The topological polar surface area (TPSA) is 81.8 Å². The number of carboxylic acid groups (broad SMARTS) is 1. The Bertz CT molecular complexity index is 436. The lowest BCUT2D eigenvalue weighted by atomic mass is 9.98. The van der Waals surface area contributed by atoms with E-state index in [9.17, 15) is 4.79 Å². The number of hydrogen-bond acceptors (Lipinski definition) is 5. The lowest BCUT2D eigenvalue weighted by Crippen LogP contribution is -2.22. The first-order valence-electron chi connectivity index (χ1n) is 5.32. The van der Waals surface area contributed by atoms with E-state index in [1.54, 1.807) is 6.07 Å². The van der Waals surface area contributed by atoms with Crippen LogP contribution in [0.5, 0.6) is 11.5 Å². The summed E-state index contributed by atoms with van der Waals surface area (Å²) < 4.78 is 10.6. The molecule has 1 unspecified atom stereocenters. The molecule has 0 aromatic heterocycles. The summed E-state index contributed by atoms with van der Waals surface area (Å²) in [6.45, 7) is 0.00740. The minimum atomic E-state index is -0.977. The van der Waals surface area contributed by atoms with Gasteiger partial charge in [-0.25, -0.2) is 0 Å². The first-order valence-corrected chi connectivity index (χ1v) is 6.54. The van der Waals surface area contributed by atoms with Gasteiger partial charge >= 0.3 is 5.97 Å². The quantitative estimate of drug-likeness (QED) is 0.764. The minimum Gasteiger partial charge on any atom is -0.493 e. The van der Waals surface area contributed by atoms with Gasteiger partial charge in [-0.1, -0.05) is 6.07 Å². The van der Waals surface area contributed by atoms with Gasteiger partial charge in [-0.15, -0.1) is 11.8 Å². The van der Waals surface area contributed by atoms with Crippen molar-refractivity contribution >= 4 is 17.7 Å². The van der Waals surface area contributed by atoms with Crippen LogP contribution in [0.2, 0.25) is 0 Å². The molecule has 1 aromatic carbocycles. The molecule has 100 valence electrons. The van der Waals surface area contributed by atoms with Gasteiger partial charge in [0, 0.05) is 12.1 Å². The summed E-state index contributed by atoms with van der Waals surface area (Å²) in [5.74, 6) is -0.802. The Morgan fingerprint density at radius 3 is 2.39 bits per heavy atom. The first kappa shape index (κ1) is 14.7. The summed E-state index contributed by atoms with van der Waals surface area (Å²) in [4.78, 5) is 12.1. The molecule has 5 nitrogen and oxygen atoms in total. The molecule has 0 bridgehead atoms. The number of rotatable bonds is 6. The number of thioether (sulfide) groups is 1. The van der Waals surface area contributed by atoms with E-state index in [1.165, 1.54) is 26.0 Å². The van der Waals surface area contributed by atoms with Crippen LogP contribution >= 0.6 is 11.8 Å². The number of carboxylic acids is 1. The van der Waals surface area contributed by atoms with Gasteiger partial charge in [0.25, 0.3) is 0 Å². The fraction of sp³-hybridized carbons (Fsp3) is 0.417. The van der Waals surface area contributed by atoms with Gasteiger partial charge in [0.15, 0.2) is 11.5 Å². The van der Waals surface area contributed by atoms with Crippen molar-refractivity contribution in [3.05, 3.63) is 17.7 Å². The standard InChI is InChI=1S/C12H17NO4S/c1-16-10-7(8(6-13)12(14)15)4-5-9(18-3)11(10)17-2/h4-5,8H,6,13H2,1-3H3,(H,14,15). The third-order valence-electron chi connectivity index (χ3n) is 2.64. The summed E-state index contributed by atoms with van der Waals surface area (Å²) in [5.41, 5.74) is 6.04. The van der Waals surface area contributed by atoms with Gasteiger partial charge in [-0.2, -0.15) is 0 Å². The average Bonchev–Trinajstić information content (AvgIpc) is 2.38. The lowest BCUT2D eigenvalue weighted by molar-refractivity contribution is -0.138. The predicted octanol–water partition coefficient (Wildman–Crippen LogP) is 1.55. The van der Waals surface area contributed by atoms with Crippen molar-refractivity contribution in [2.75, 3.05) is 27.0 Å². The van der Waals surface area contributed by atoms with Gasteiger partial charge < -0.3 is 20.3 Å². The van der Waals surface area contributed by atoms with Crippen molar-refractivity contribution in [2.45, 2.75) is 10.8 Å². The third-order valence-corrected chi connectivity index (χ3v) is 3.41. The van der Waals surface area contributed by atoms with Crippen molar-refractivity contribution < 1.29 is 19.4 Å². The second-order valence-corrected chi connectivity index (χ2v) is 4.40. The fourth-order valence-electron chi connectivity index (χ4n) is 1.76. The average molecular weight is 271 g/mol. The van der Waals surface area contributed by atoms with Crippen LogP contribution in [0.25, 0.3) is 0 Å². The Morgan fingerprint density at radius 1 is 1.39 bits per heavy atom. The van der Waals surface area contributed by atoms with E-state index in [1.807, 2.05) is 12.3 Å². The highest BCUT2D eigenvalue weighted by molar-refractivity contribution is 7.98. The van der Waals surface area contributed by atoms with Crippen LogP contribution in [0.15, 0.2) is 17.0 Å². The van der Waals surface area contributed by atoms with Crippen molar-refractivity contribution in [3.63, 3.8) is 0 Å². The number of methoxy groups -OCH3 is 2. The number of hydrogen-bond donors (Lipinski definition) is 2. The highest BCUT2D eigenvalue weighted by atomic mass is 32.2. The molecule has 18 heavy (non-hydrogen) atoms. The summed E-state index contributed by atoms with van der Waals surface area (Å²) in [6.07, 6.45) is 1.91. The normalized spacial score (nSPS) is 12.0. The van der Waals surface area contributed by atoms with E-state index in [0.717, 1.165) is 4.90 Å². The van der Waals surface area contributed by atoms with Crippen molar-refractivity contribution in [1.82, 2.24) is 0 Å². The Morgan fingerprint density at radius 2 is 2.00 bits per heavy atom. The zero-order chi connectivity index (χ0) is 13.7. The summed E-state index contributed by atoms with van der Waals surface area (Å²) in [6, 6.07) is 3.53. The first-order chi connectivity index (χ1) is 8.60. The van der Waals surface area contributed by atoms with Crippen LogP contribution < -0.4 is 15.2 Å². The maximum atomic E-state index is 11.2. The zero-order valence-electron chi connectivity index (χ0n) is 10.6. The molecule has 0 radical (unpaired) electrons. The molecule has 1 aromatic rings. The number of ether oxygens (including phenoxy) is 2. The SMILES string of the molecule is COc1c(SC)ccc(C(CN)C(=O)O)c1OC. The smallest absolute Gasteiger partial charge is 0.312 e. The molecular weight excluding hydrogens is 254 g/mol. The highest BCUT2D eigenvalue weighted by Crippen LogP contribution is 2.41. The fourth-order valence-corrected chi connectivity index (χ4v) is 2.33. The molecule has 0 spiro atoms. The number of carbonyl (C=O) groups is 1. The molecule has 3 N–H and O–H groups in total. The Balaban J connectivity index is 3.40. The van der Waals surface area contributed by atoms with E-state index in [-0.39, 0.29) is 6.54 Å². The van der Waals surface area contributed by atoms with Gasteiger partial charge in [0.05, 0.1) is 25.0 Å². The van der Waals surface area contributed by atoms with Gasteiger partial charge in [-0.05, 0) is 12.3 Å². The van der Waals surface area contributed by atoms with Gasteiger partial charge in [0.2, 0.25) is 0 Å².